The summed E-state index contributed by atoms with van der Waals surface area (Å²) in [4.78, 5) is 35.5. The number of ketones is 1. The van der Waals surface area contributed by atoms with Crippen molar-refractivity contribution in [3.63, 3.8) is 0 Å². The Morgan fingerprint density at radius 1 is 0.773 bits per heavy atom. The van der Waals surface area contributed by atoms with Gasteiger partial charge < -0.3 is 10.2 Å². The Morgan fingerprint density at radius 3 is 1.27 bits per heavy atom. The van der Waals surface area contributed by atoms with Gasteiger partial charge in [0.25, 0.3) is 0 Å². The van der Waals surface area contributed by atoms with Crippen LogP contribution in [0.1, 0.15) is 40.5 Å². The third kappa shape index (κ3) is 4.84. The molecule has 22 heavy (non-hydrogen) atoms. The zero-order valence-corrected chi connectivity index (χ0v) is 13.3. The third-order valence-electron chi connectivity index (χ3n) is 3.02. The quantitative estimate of drug-likeness (QED) is 0.311. The topological polar surface area (TPSA) is 91.7 Å². The molecule has 0 atom stereocenters. The molecule has 0 rings (SSSR count). The van der Waals surface area contributed by atoms with Gasteiger partial charge in [-0.15, -0.1) is 0 Å². The molecule has 0 saturated carbocycles. The number of carboxylic acid groups (broad SMARTS) is 2. The SMILES string of the molecule is CC=CC(CC)=C(C(=O)O)C(=O)C(C(=O)O)=C(C=CC)CC. The van der Waals surface area contributed by atoms with E-state index >= 15 is 0 Å². The molecule has 0 heterocycles. The van der Waals surface area contributed by atoms with Crippen molar-refractivity contribution in [2.45, 2.75) is 40.5 Å². The molecule has 0 aromatic rings. The molecule has 0 aromatic carbocycles. The highest BCUT2D eigenvalue weighted by Crippen LogP contribution is 2.21. The minimum absolute atomic E-state index is 0.301. The van der Waals surface area contributed by atoms with Gasteiger partial charge in [-0.25, -0.2) is 9.59 Å². The number of aliphatic carboxylic acids is 2. The number of allylic oxidation sites excluding steroid dienone is 6. The number of rotatable bonds is 8. The molecule has 0 aliphatic heterocycles. The van der Waals surface area contributed by atoms with Crippen molar-refractivity contribution in [3.05, 3.63) is 46.6 Å². The largest absolute Gasteiger partial charge is 0.478 e. The minimum atomic E-state index is -1.42. The molecule has 0 aromatic heterocycles. The van der Waals surface area contributed by atoms with Gasteiger partial charge in [0.05, 0.1) is 0 Å². The molecule has 0 saturated heterocycles. The lowest BCUT2D eigenvalue weighted by Crippen LogP contribution is -2.22. The van der Waals surface area contributed by atoms with Crippen molar-refractivity contribution in [1.82, 2.24) is 0 Å². The second-order valence-corrected chi connectivity index (χ2v) is 4.45. The van der Waals surface area contributed by atoms with Crippen molar-refractivity contribution in [2.75, 3.05) is 0 Å². The van der Waals surface area contributed by atoms with Crippen molar-refractivity contribution < 1.29 is 24.6 Å². The van der Waals surface area contributed by atoms with Crippen LogP contribution in [0.2, 0.25) is 0 Å². The maximum absolute atomic E-state index is 12.5. The van der Waals surface area contributed by atoms with Gasteiger partial charge in [-0.2, -0.15) is 0 Å². The van der Waals surface area contributed by atoms with Crippen LogP contribution in [-0.2, 0) is 14.4 Å². The van der Waals surface area contributed by atoms with E-state index in [2.05, 4.69) is 0 Å². The van der Waals surface area contributed by atoms with Crippen LogP contribution in [0.3, 0.4) is 0 Å². The van der Waals surface area contributed by atoms with E-state index in [4.69, 9.17) is 0 Å². The molecule has 5 nitrogen and oxygen atoms in total. The summed E-state index contributed by atoms with van der Waals surface area (Å²) in [5, 5.41) is 18.7. The van der Waals surface area contributed by atoms with E-state index in [0.717, 1.165) is 0 Å². The van der Waals surface area contributed by atoms with Crippen LogP contribution in [0, 0.1) is 0 Å². The van der Waals surface area contributed by atoms with E-state index in [1.165, 1.54) is 12.2 Å². The Bertz CT molecular complexity index is 524. The van der Waals surface area contributed by atoms with Crippen LogP contribution in [-0.4, -0.2) is 27.9 Å². The number of carbonyl (C=O) groups is 3. The fourth-order valence-corrected chi connectivity index (χ4v) is 2.04. The first kappa shape index (κ1) is 19.6. The van der Waals surface area contributed by atoms with Crippen molar-refractivity contribution in [3.8, 4) is 0 Å². The van der Waals surface area contributed by atoms with Crippen LogP contribution in [0.25, 0.3) is 0 Å². The number of hydrogen-bond donors (Lipinski definition) is 2. The summed E-state index contributed by atoms with van der Waals surface area (Å²) >= 11 is 0. The second-order valence-electron chi connectivity index (χ2n) is 4.45. The Hall–Kier alpha value is -2.43. The number of carbonyl (C=O) groups excluding carboxylic acids is 1. The molecule has 0 aliphatic rings. The van der Waals surface area contributed by atoms with E-state index in [-0.39, 0.29) is 0 Å². The average Bonchev–Trinajstić information content (AvgIpc) is 2.45. The van der Waals surface area contributed by atoms with Gasteiger partial charge in [0.2, 0.25) is 5.78 Å². The van der Waals surface area contributed by atoms with E-state index in [9.17, 15) is 24.6 Å². The predicted molar refractivity (Wildman–Crippen MR) is 84.5 cm³/mol. The highest BCUT2D eigenvalue weighted by atomic mass is 16.4. The number of carboxylic acids is 2. The van der Waals surface area contributed by atoms with Crippen LogP contribution in [0.4, 0.5) is 0 Å². The first-order valence-electron chi connectivity index (χ1n) is 7.08. The molecule has 2 N–H and O–H groups in total. The Balaban J connectivity index is 6.45. The molecule has 0 spiro atoms. The predicted octanol–water partition coefficient (Wildman–Crippen LogP) is 3.29. The second kappa shape index (κ2) is 9.50. The maximum Gasteiger partial charge on any atom is 0.339 e. The minimum Gasteiger partial charge on any atom is -0.478 e. The molecule has 0 fully saturated rings. The lowest BCUT2D eigenvalue weighted by Gasteiger charge is -2.10. The van der Waals surface area contributed by atoms with Gasteiger partial charge in [0, 0.05) is 0 Å². The first-order valence-corrected chi connectivity index (χ1v) is 7.08. The van der Waals surface area contributed by atoms with Crippen LogP contribution >= 0.6 is 0 Å². The van der Waals surface area contributed by atoms with E-state index < -0.39 is 28.9 Å². The van der Waals surface area contributed by atoms with Gasteiger partial charge in [0.15, 0.2) is 0 Å². The van der Waals surface area contributed by atoms with Crippen molar-refractivity contribution in [1.29, 1.82) is 0 Å². The normalized spacial score (nSPS) is 14.0. The van der Waals surface area contributed by atoms with Gasteiger partial charge in [-0.3, -0.25) is 4.79 Å². The molecule has 0 radical (unpaired) electrons. The molecule has 0 aliphatic carbocycles. The maximum atomic E-state index is 12.5. The van der Waals surface area contributed by atoms with Crippen LogP contribution in [0.15, 0.2) is 46.6 Å². The summed E-state index contributed by atoms with van der Waals surface area (Å²) < 4.78 is 0. The van der Waals surface area contributed by atoms with Crippen LogP contribution in [0.5, 0.6) is 0 Å². The van der Waals surface area contributed by atoms with E-state index in [0.29, 0.717) is 24.0 Å². The third-order valence-corrected chi connectivity index (χ3v) is 3.02. The highest BCUT2D eigenvalue weighted by Gasteiger charge is 2.29. The molecule has 5 heteroatoms. The highest BCUT2D eigenvalue weighted by molar-refractivity contribution is 6.32. The molecule has 0 bridgehead atoms. The zero-order chi connectivity index (χ0) is 17.3. The van der Waals surface area contributed by atoms with Crippen LogP contribution < -0.4 is 0 Å². The van der Waals surface area contributed by atoms with Gasteiger partial charge in [0.1, 0.15) is 11.1 Å². The van der Waals surface area contributed by atoms with Gasteiger partial charge >= 0.3 is 11.9 Å². The smallest absolute Gasteiger partial charge is 0.339 e. The molecular formula is C17H22O5. The Morgan fingerprint density at radius 2 is 1.09 bits per heavy atom. The number of hydrogen-bond acceptors (Lipinski definition) is 3. The molecule has 0 unspecified atom stereocenters. The molecular weight excluding hydrogens is 284 g/mol. The summed E-state index contributed by atoms with van der Waals surface area (Å²) in [5.41, 5.74) is -0.383. The van der Waals surface area contributed by atoms with Crippen molar-refractivity contribution in [2.24, 2.45) is 0 Å². The standard InChI is InChI=1S/C17H22O5/c1-5-9-11(7-3)13(16(19)20)15(18)14(17(21)22)12(8-4)10-6-2/h5-6,9-10H,7-8H2,1-4H3,(H,19,20)(H,21,22). The molecule has 0 amide bonds. The summed E-state index contributed by atoms with van der Waals surface area (Å²) in [6.45, 7) is 6.82. The summed E-state index contributed by atoms with van der Waals surface area (Å²) in [6, 6.07) is 0. The first-order chi connectivity index (χ1) is 10.3. The van der Waals surface area contributed by atoms with E-state index in [1.54, 1.807) is 39.8 Å². The van der Waals surface area contributed by atoms with Gasteiger partial charge in [-0.1, -0.05) is 38.2 Å². The number of Topliss-reactive ketones (excluding diaryl/α,β-unsaturated/α-hetero) is 1. The Kier molecular flexibility index (Phi) is 8.45. The molecule has 120 valence electrons. The summed E-state index contributed by atoms with van der Waals surface area (Å²) in [7, 11) is 0. The lowest BCUT2D eigenvalue weighted by molar-refractivity contribution is -0.135. The Labute approximate surface area is 130 Å². The fraction of sp³-hybridized carbons (Fsp3) is 0.353. The van der Waals surface area contributed by atoms with Crippen molar-refractivity contribution >= 4 is 17.7 Å². The summed E-state index contributed by atoms with van der Waals surface area (Å²) in [6.07, 6.45) is 6.90. The monoisotopic (exact) mass is 306 g/mol. The summed E-state index contributed by atoms with van der Waals surface area (Å²) in [5.74, 6) is -3.81. The average molecular weight is 306 g/mol. The fourth-order valence-electron chi connectivity index (χ4n) is 2.04. The zero-order valence-electron chi connectivity index (χ0n) is 13.3. The van der Waals surface area contributed by atoms with Gasteiger partial charge in [-0.05, 0) is 37.8 Å². The van der Waals surface area contributed by atoms with E-state index in [1.807, 2.05) is 0 Å². The lowest BCUT2D eigenvalue weighted by atomic mass is 9.92.